The fraction of sp³-hybridized carbons (Fsp3) is 0.136. The third-order valence-corrected chi connectivity index (χ3v) is 4.70. The molecule has 0 radical (unpaired) electrons. The minimum absolute atomic E-state index is 0.135. The SMILES string of the molecule is COc1ccc(-c2nc3c(C#N)c[nH]n3c2Nc2ccc(NC(C)=O)cc2)cc1OC. The average Bonchev–Trinajstić information content (AvgIpc) is 3.34. The van der Waals surface area contributed by atoms with Crippen LogP contribution in [0.15, 0.2) is 48.7 Å². The monoisotopic (exact) mass is 416 g/mol. The van der Waals surface area contributed by atoms with Gasteiger partial charge in [0.25, 0.3) is 0 Å². The topological polar surface area (TPSA) is 116 Å². The smallest absolute Gasteiger partial charge is 0.221 e. The van der Waals surface area contributed by atoms with Gasteiger partial charge in [-0.05, 0) is 42.5 Å². The van der Waals surface area contributed by atoms with Crippen molar-refractivity contribution in [1.82, 2.24) is 14.6 Å². The molecule has 0 fully saturated rings. The molecule has 1 amide bonds. The van der Waals surface area contributed by atoms with Gasteiger partial charge in [0, 0.05) is 30.1 Å². The van der Waals surface area contributed by atoms with E-state index < -0.39 is 0 Å². The number of ether oxygens (including phenoxy) is 2. The summed E-state index contributed by atoms with van der Waals surface area (Å²) < 4.78 is 12.5. The summed E-state index contributed by atoms with van der Waals surface area (Å²) in [6.45, 7) is 1.46. The number of carbonyl (C=O) groups is 1. The molecule has 2 heterocycles. The predicted molar refractivity (Wildman–Crippen MR) is 117 cm³/mol. The Kier molecular flexibility index (Phi) is 5.20. The summed E-state index contributed by atoms with van der Waals surface area (Å²) in [6, 6.07) is 14.9. The number of hydrogen-bond donors (Lipinski definition) is 3. The van der Waals surface area contributed by atoms with Crippen LogP contribution >= 0.6 is 0 Å². The maximum absolute atomic E-state index is 11.2. The molecule has 4 aromatic rings. The molecule has 4 rings (SSSR count). The average molecular weight is 416 g/mol. The first kappa shape index (κ1) is 19.8. The number of fused-ring (bicyclic) bond motifs is 1. The van der Waals surface area contributed by atoms with Crippen molar-refractivity contribution in [3.8, 4) is 28.8 Å². The Morgan fingerprint density at radius 2 is 1.81 bits per heavy atom. The summed E-state index contributed by atoms with van der Waals surface area (Å²) in [5, 5.41) is 18.6. The first-order chi connectivity index (χ1) is 15.0. The van der Waals surface area contributed by atoms with E-state index in [0.717, 1.165) is 11.3 Å². The van der Waals surface area contributed by atoms with E-state index in [4.69, 9.17) is 14.5 Å². The highest BCUT2D eigenvalue weighted by Crippen LogP contribution is 2.37. The quantitative estimate of drug-likeness (QED) is 0.439. The van der Waals surface area contributed by atoms with Gasteiger partial charge in [-0.25, -0.2) is 9.50 Å². The summed E-state index contributed by atoms with van der Waals surface area (Å²) in [5.74, 6) is 1.69. The van der Waals surface area contributed by atoms with Gasteiger partial charge >= 0.3 is 0 Å². The third kappa shape index (κ3) is 3.74. The second-order valence-electron chi connectivity index (χ2n) is 6.72. The van der Waals surface area contributed by atoms with Crippen LogP contribution in [-0.4, -0.2) is 34.7 Å². The highest BCUT2D eigenvalue weighted by Gasteiger charge is 2.19. The van der Waals surface area contributed by atoms with Gasteiger partial charge in [0.15, 0.2) is 23.0 Å². The lowest BCUT2D eigenvalue weighted by Gasteiger charge is -2.11. The molecule has 0 spiro atoms. The number of nitrogens with zero attached hydrogens (tertiary/aromatic N) is 3. The second kappa shape index (κ2) is 8.12. The van der Waals surface area contributed by atoms with Gasteiger partial charge in [-0.2, -0.15) is 5.26 Å². The molecule has 156 valence electrons. The van der Waals surface area contributed by atoms with Gasteiger partial charge < -0.3 is 20.1 Å². The van der Waals surface area contributed by atoms with E-state index in [2.05, 4.69) is 21.8 Å². The number of methoxy groups -OCH3 is 2. The molecule has 0 bridgehead atoms. The summed E-state index contributed by atoms with van der Waals surface area (Å²) >= 11 is 0. The van der Waals surface area contributed by atoms with Crippen LogP contribution in [0.2, 0.25) is 0 Å². The molecule has 2 aromatic carbocycles. The minimum Gasteiger partial charge on any atom is -0.493 e. The molecule has 9 nitrogen and oxygen atoms in total. The van der Waals surface area contributed by atoms with Crippen molar-refractivity contribution in [2.75, 3.05) is 24.9 Å². The van der Waals surface area contributed by atoms with Crippen molar-refractivity contribution in [3.63, 3.8) is 0 Å². The van der Waals surface area contributed by atoms with Crippen molar-refractivity contribution in [3.05, 3.63) is 54.2 Å². The van der Waals surface area contributed by atoms with E-state index >= 15 is 0 Å². The lowest BCUT2D eigenvalue weighted by atomic mass is 10.1. The number of imidazole rings is 1. The van der Waals surface area contributed by atoms with Crippen molar-refractivity contribution < 1.29 is 14.3 Å². The number of nitrogens with one attached hydrogen (secondary N) is 3. The largest absolute Gasteiger partial charge is 0.493 e. The van der Waals surface area contributed by atoms with Gasteiger partial charge in [0.1, 0.15) is 17.3 Å². The molecule has 0 aliphatic heterocycles. The zero-order valence-electron chi connectivity index (χ0n) is 17.2. The van der Waals surface area contributed by atoms with Crippen LogP contribution < -0.4 is 20.1 Å². The van der Waals surface area contributed by atoms with E-state index in [1.807, 2.05) is 24.3 Å². The van der Waals surface area contributed by atoms with Gasteiger partial charge in [0.05, 0.1) is 14.2 Å². The van der Waals surface area contributed by atoms with Gasteiger partial charge in [0.2, 0.25) is 5.91 Å². The van der Waals surface area contributed by atoms with Crippen LogP contribution in [-0.2, 0) is 4.79 Å². The van der Waals surface area contributed by atoms with Crippen molar-refractivity contribution in [2.45, 2.75) is 6.92 Å². The van der Waals surface area contributed by atoms with Crippen LogP contribution in [0, 0.1) is 11.3 Å². The maximum Gasteiger partial charge on any atom is 0.221 e. The molecule has 2 aromatic heterocycles. The molecule has 0 saturated carbocycles. The fourth-order valence-corrected chi connectivity index (χ4v) is 3.28. The lowest BCUT2D eigenvalue weighted by molar-refractivity contribution is -0.114. The summed E-state index contributed by atoms with van der Waals surface area (Å²) in [6.07, 6.45) is 1.60. The first-order valence-corrected chi connectivity index (χ1v) is 9.41. The molecule has 0 saturated heterocycles. The Bertz CT molecular complexity index is 1300. The second-order valence-corrected chi connectivity index (χ2v) is 6.72. The molecule has 0 aliphatic carbocycles. The zero-order valence-corrected chi connectivity index (χ0v) is 17.2. The number of benzene rings is 2. The van der Waals surface area contributed by atoms with E-state index in [-0.39, 0.29) is 5.91 Å². The number of H-pyrrole nitrogens is 1. The van der Waals surface area contributed by atoms with Gasteiger partial charge in [-0.3, -0.25) is 9.89 Å². The molecule has 3 N–H and O–H groups in total. The van der Waals surface area contributed by atoms with Crippen LogP contribution in [0.3, 0.4) is 0 Å². The maximum atomic E-state index is 11.2. The van der Waals surface area contributed by atoms with Crippen LogP contribution in [0.5, 0.6) is 11.5 Å². The lowest BCUT2D eigenvalue weighted by Crippen LogP contribution is -2.05. The number of aromatic amines is 1. The van der Waals surface area contributed by atoms with Gasteiger partial charge in [-0.15, -0.1) is 0 Å². The minimum atomic E-state index is -0.135. The fourth-order valence-electron chi connectivity index (χ4n) is 3.28. The highest BCUT2D eigenvalue weighted by atomic mass is 16.5. The summed E-state index contributed by atoms with van der Waals surface area (Å²) in [5.41, 5.74) is 3.83. The number of anilines is 3. The summed E-state index contributed by atoms with van der Waals surface area (Å²) in [7, 11) is 3.15. The van der Waals surface area contributed by atoms with E-state index in [1.165, 1.54) is 6.92 Å². The predicted octanol–water partition coefficient (Wildman–Crippen LogP) is 3.92. The first-order valence-electron chi connectivity index (χ1n) is 9.41. The normalized spacial score (nSPS) is 10.5. The Hall–Kier alpha value is -4.45. The Labute approximate surface area is 178 Å². The van der Waals surface area contributed by atoms with Gasteiger partial charge in [-0.1, -0.05) is 0 Å². The van der Waals surface area contributed by atoms with Crippen LogP contribution in [0.1, 0.15) is 12.5 Å². The third-order valence-electron chi connectivity index (χ3n) is 4.70. The number of hydrogen-bond acceptors (Lipinski definition) is 6. The molecular formula is C22H20N6O3. The Balaban J connectivity index is 1.80. The number of rotatable bonds is 6. The molecule has 0 aliphatic rings. The molecule has 9 heteroatoms. The van der Waals surface area contributed by atoms with Crippen LogP contribution in [0.4, 0.5) is 17.2 Å². The van der Waals surface area contributed by atoms with E-state index in [0.29, 0.717) is 39.9 Å². The zero-order chi connectivity index (χ0) is 22.0. The number of nitriles is 1. The Morgan fingerprint density at radius 1 is 1.10 bits per heavy atom. The van der Waals surface area contributed by atoms with Crippen molar-refractivity contribution >= 4 is 28.7 Å². The number of carbonyl (C=O) groups excluding carboxylic acids is 1. The van der Waals surface area contributed by atoms with Crippen LogP contribution in [0.25, 0.3) is 16.9 Å². The Morgan fingerprint density at radius 3 is 2.45 bits per heavy atom. The summed E-state index contributed by atoms with van der Waals surface area (Å²) in [4.78, 5) is 15.9. The van der Waals surface area contributed by atoms with E-state index in [1.54, 1.807) is 43.1 Å². The van der Waals surface area contributed by atoms with E-state index in [9.17, 15) is 10.1 Å². The standard InChI is InChI=1S/C22H20N6O3/c1-13(29)25-16-5-7-17(8-6-16)26-22-20(27-21-15(11-23)12-24-28(21)22)14-4-9-18(30-2)19(10-14)31-3/h4-10,12,24,26H,1-3H3,(H,25,29). The molecular weight excluding hydrogens is 396 g/mol. The molecule has 0 unspecified atom stereocenters. The van der Waals surface area contributed by atoms with Crippen molar-refractivity contribution in [2.24, 2.45) is 0 Å². The highest BCUT2D eigenvalue weighted by molar-refractivity contribution is 5.89. The number of aromatic nitrogens is 3. The number of amides is 1. The van der Waals surface area contributed by atoms with Crippen molar-refractivity contribution in [1.29, 1.82) is 5.26 Å². The molecule has 31 heavy (non-hydrogen) atoms. The molecule has 0 atom stereocenters.